The van der Waals surface area contributed by atoms with Crippen molar-refractivity contribution in [3.63, 3.8) is 0 Å². The van der Waals surface area contributed by atoms with E-state index in [-0.39, 0.29) is 11.8 Å². The quantitative estimate of drug-likeness (QED) is 0.632. The number of thiophene rings is 1. The van der Waals surface area contributed by atoms with Crippen molar-refractivity contribution in [2.75, 3.05) is 36.4 Å². The Kier molecular flexibility index (Phi) is 6.01. The van der Waals surface area contributed by atoms with Crippen molar-refractivity contribution >= 4 is 46.1 Å². The molecule has 0 atom stereocenters. The highest BCUT2D eigenvalue weighted by Crippen LogP contribution is 2.30. The molecule has 4 rings (SSSR count). The zero-order valence-corrected chi connectivity index (χ0v) is 17.5. The average molecular weight is 444 g/mol. The van der Waals surface area contributed by atoms with Crippen LogP contribution in [0.25, 0.3) is 0 Å². The van der Waals surface area contributed by atoms with Gasteiger partial charge < -0.3 is 15.1 Å². The van der Waals surface area contributed by atoms with Gasteiger partial charge in [-0.3, -0.25) is 9.59 Å². The normalized spacial score (nSPS) is 13.9. The number of carbonyl (C=O) groups excluding carboxylic acids is 2. The number of rotatable bonds is 4. The third-order valence-electron chi connectivity index (χ3n) is 4.95. The minimum absolute atomic E-state index is 0.0644. The van der Waals surface area contributed by atoms with Gasteiger partial charge in [0.1, 0.15) is 5.82 Å². The summed E-state index contributed by atoms with van der Waals surface area (Å²) in [5.74, 6) is -0.662. The summed E-state index contributed by atoms with van der Waals surface area (Å²) in [6.45, 7) is 2.60. The van der Waals surface area contributed by atoms with Crippen LogP contribution in [0.4, 0.5) is 15.8 Å². The van der Waals surface area contributed by atoms with E-state index in [1.807, 2.05) is 28.5 Å². The molecule has 0 saturated carbocycles. The molecule has 0 unspecified atom stereocenters. The van der Waals surface area contributed by atoms with Gasteiger partial charge in [0.05, 0.1) is 15.6 Å². The van der Waals surface area contributed by atoms with Crippen molar-refractivity contribution in [3.8, 4) is 0 Å². The second-order valence-electron chi connectivity index (χ2n) is 6.88. The number of halogens is 2. The highest BCUT2D eigenvalue weighted by atomic mass is 35.5. The molecule has 154 valence electrons. The molecule has 1 N–H and O–H groups in total. The van der Waals surface area contributed by atoms with Crippen molar-refractivity contribution < 1.29 is 14.0 Å². The molecule has 0 spiro atoms. The molecule has 0 bridgehead atoms. The molecule has 2 amide bonds. The molecule has 30 heavy (non-hydrogen) atoms. The summed E-state index contributed by atoms with van der Waals surface area (Å²) < 4.78 is 13.0. The summed E-state index contributed by atoms with van der Waals surface area (Å²) in [6, 6.07) is 14.4. The number of nitrogens with one attached hydrogen (secondary N) is 1. The van der Waals surface area contributed by atoms with E-state index in [1.165, 1.54) is 35.6 Å². The maximum Gasteiger partial charge on any atom is 0.264 e. The van der Waals surface area contributed by atoms with Crippen molar-refractivity contribution in [3.05, 3.63) is 81.3 Å². The summed E-state index contributed by atoms with van der Waals surface area (Å²) in [7, 11) is 0. The Morgan fingerprint density at radius 2 is 1.73 bits per heavy atom. The third-order valence-corrected chi connectivity index (χ3v) is 6.11. The maximum absolute atomic E-state index is 13.0. The monoisotopic (exact) mass is 443 g/mol. The van der Waals surface area contributed by atoms with Crippen LogP contribution in [0.3, 0.4) is 0 Å². The van der Waals surface area contributed by atoms with Crippen LogP contribution in [0.1, 0.15) is 20.0 Å². The molecule has 0 radical (unpaired) electrons. The molecule has 3 aromatic rings. The van der Waals surface area contributed by atoms with Crippen molar-refractivity contribution in [1.29, 1.82) is 0 Å². The predicted molar refractivity (Wildman–Crippen MR) is 118 cm³/mol. The molecule has 2 aromatic carbocycles. The van der Waals surface area contributed by atoms with Gasteiger partial charge >= 0.3 is 0 Å². The summed E-state index contributed by atoms with van der Waals surface area (Å²) in [6.07, 6.45) is 0. The molecule has 0 aliphatic carbocycles. The van der Waals surface area contributed by atoms with Crippen LogP contribution in [-0.4, -0.2) is 42.9 Å². The Labute approximate surface area is 182 Å². The smallest absolute Gasteiger partial charge is 0.264 e. The first-order valence-corrected chi connectivity index (χ1v) is 10.7. The lowest BCUT2D eigenvalue weighted by Crippen LogP contribution is -2.48. The molecule has 1 aliphatic rings. The van der Waals surface area contributed by atoms with Gasteiger partial charge in [-0.15, -0.1) is 11.3 Å². The van der Waals surface area contributed by atoms with Gasteiger partial charge in [0.15, 0.2) is 0 Å². The topological polar surface area (TPSA) is 52.7 Å². The van der Waals surface area contributed by atoms with E-state index >= 15 is 0 Å². The van der Waals surface area contributed by atoms with Crippen LogP contribution in [0, 0.1) is 5.82 Å². The molecule has 1 saturated heterocycles. The van der Waals surface area contributed by atoms with Crippen LogP contribution in [0.2, 0.25) is 5.02 Å². The van der Waals surface area contributed by atoms with E-state index in [1.54, 1.807) is 12.1 Å². The van der Waals surface area contributed by atoms with Crippen molar-refractivity contribution in [2.24, 2.45) is 0 Å². The summed E-state index contributed by atoms with van der Waals surface area (Å²) in [5, 5.41) is 5.19. The Balaban J connectivity index is 1.38. The summed E-state index contributed by atoms with van der Waals surface area (Å²) >= 11 is 7.92. The molecular weight excluding hydrogens is 425 g/mol. The van der Waals surface area contributed by atoms with E-state index in [4.69, 9.17) is 11.6 Å². The van der Waals surface area contributed by atoms with Crippen LogP contribution in [0.5, 0.6) is 0 Å². The number of amides is 2. The van der Waals surface area contributed by atoms with Gasteiger partial charge in [-0.25, -0.2) is 4.39 Å². The highest BCUT2D eigenvalue weighted by Gasteiger charge is 2.24. The van der Waals surface area contributed by atoms with Gasteiger partial charge in [0.2, 0.25) is 0 Å². The predicted octanol–water partition coefficient (Wildman–Crippen LogP) is 4.76. The fraction of sp³-hybridized carbons (Fsp3) is 0.182. The van der Waals surface area contributed by atoms with Gasteiger partial charge in [0.25, 0.3) is 11.8 Å². The fourth-order valence-electron chi connectivity index (χ4n) is 3.35. The Bertz CT molecular complexity index is 1050. The van der Waals surface area contributed by atoms with E-state index < -0.39 is 5.82 Å². The third kappa shape index (κ3) is 4.47. The number of piperazine rings is 1. The van der Waals surface area contributed by atoms with Crippen LogP contribution in [0.15, 0.2) is 60.0 Å². The van der Waals surface area contributed by atoms with Gasteiger partial charge in [-0.05, 0) is 53.9 Å². The SMILES string of the molecule is O=C(Nc1ccc(N2CCN(C(=O)c3cccs3)CC2)c(Cl)c1)c1ccc(F)cc1. The highest BCUT2D eigenvalue weighted by molar-refractivity contribution is 7.12. The number of anilines is 2. The van der Waals surface area contributed by atoms with E-state index in [0.29, 0.717) is 42.5 Å². The van der Waals surface area contributed by atoms with Gasteiger partial charge in [-0.2, -0.15) is 0 Å². The molecule has 1 aromatic heterocycles. The first kappa shape index (κ1) is 20.4. The van der Waals surface area contributed by atoms with Crippen molar-refractivity contribution in [1.82, 2.24) is 4.90 Å². The van der Waals surface area contributed by atoms with E-state index in [9.17, 15) is 14.0 Å². The van der Waals surface area contributed by atoms with Crippen LogP contribution < -0.4 is 10.2 Å². The largest absolute Gasteiger partial charge is 0.367 e. The zero-order valence-electron chi connectivity index (χ0n) is 16.0. The Morgan fingerprint density at radius 3 is 2.37 bits per heavy atom. The average Bonchev–Trinajstić information content (AvgIpc) is 3.29. The lowest BCUT2D eigenvalue weighted by atomic mass is 10.2. The van der Waals surface area contributed by atoms with E-state index in [2.05, 4.69) is 10.2 Å². The van der Waals surface area contributed by atoms with E-state index in [0.717, 1.165) is 10.6 Å². The maximum atomic E-state index is 13.0. The second-order valence-corrected chi connectivity index (χ2v) is 8.24. The fourth-order valence-corrected chi connectivity index (χ4v) is 4.34. The Hall–Kier alpha value is -2.90. The van der Waals surface area contributed by atoms with Gasteiger partial charge in [0, 0.05) is 37.4 Å². The molecule has 1 fully saturated rings. The number of hydrogen-bond acceptors (Lipinski definition) is 4. The lowest BCUT2D eigenvalue weighted by Gasteiger charge is -2.36. The zero-order chi connectivity index (χ0) is 21.1. The Morgan fingerprint density at radius 1 is 1.00 bits per heavy atom. The number of carbonyl (C=O) groups is 2. The first-order chi connectivity index (χ1) is 14.5. The minimum atomic E-state index is -0.392. The van der Waals surface area contributed by atoms with Crippen molar-refractivity contribution in [2.45, 2.75) is 0 Å². The van der Waals surface area contributed by atoms with Crippen LogP contribution in [-0.2, 0) is 0 Å². The molecule has 5 nitrogen and oxygen atoms in total. The summed E-state index contributed by atoms with van der Waals surface area (Å²) in [4.78, 5) is 29.5. The van der Waals surface area contributed by atoms with Crippen LogP contribution >= 0.6 is 22.9 Å². The summed E-state index contributed by atoms with van der Waals surface area (Å²) in [5.41, 5.74) is 1.78. The molecular formula is C22H19ClFN3O2S. The molecule has 8 heteroatoms. The second kappa shape index (κ2) is 8.85. The lowest BCUT2D eigenvalue weighted by molar-refractivity contribution is 0.0751. The minimum Gasteiger partial charge on any atom is -0.367 e. The van der Waals surface area contributed by atoms with Gasteiger partial charge in [-0.1, -0.05) is 17.7 Å². The number of benzene rings is 2. The number of nitrogens with zero attached hydrogens (tertiary/aromatic N) is 2. The molecule has 1 aliphatic heterocycles. The molecule has 2 heterocycles. The number of hydrogen-bond donors (Lipinski definition) is 1. The first-order valence-electron chi connectivity index (χ1n) is 9.45. The standard InChI is InChI=1S/C22H19ClFN3O2S/c23-18-14-17(25-21(28)15-3-5-16(24)6-4-15)7-8-19(18)26-9-11-27(12-10-26)22(29)20-2-1-13-30-20/h1-8,13-14H,9-12H2,(H,25,28).